The van der Waals surface area contributed by atoms with Crippen LogP contribution in [0.3, 0.4) is 0 Å². The van der Waals surface area contributed by atoms with Crippen molar-refractivity contribution in [2.24, 2.45) is 5.73 Å². The van der Waals surface area contributed by atoms with E-state index in [0.29, 0.717) is 25.9 Å². The van der Waals surface area contributed by atoms with Gasteiger partial charge in [0.25, 0.3) is 5.91 Å². The number of ether oxygens (including phenoxy) is 1. The monoisotopic (exact) mass is 242 g/mol. The van der Waals surface area contributed by atoms with Gasteiger partial charge in [-0.3, -0.25) is 4.79 Å². The van der Waals surface area contributed by atoms with Crippen LogP contribution in [-0.2, 0) is 14.3 Å². The quantitative estimate of drug-likeness (QED) is 0.685. The molecule has 0 aliphatic carbocycles. The Bertz CT molecular complexity index is 313. The van der Waals surface area contributed by atoms with Gasteiger partial charge >= 0.3 is 5.97 Å². The van der Waals surface area contributed by atoms with E-state index in [1.807, 2.05) is 0 Å². The number of carbonyl (C=O) groups excluding carboxylic acids is 1. The molecule has 1 amide bonds. The van der Waals surface area contributed by atoms with E-state index in [1.165, 1.54) is 0 Å². The summed E-state index contributed by atoms with van der Waals surface area (Å²) < 4.78 is 5.24. The van der Waals surface area contributed by atoms with Gasteiger partial charge in [0.1, 0.15) is 6.10 Å². The van der Waals surface area contributed by atoms with Gasteiger partial charge in [-0.1, -0.05) is 0 Å². The van der Waals surface area contributed by atoms with E-state index in [0.717, 1.165) is 12.8 Å². The molecule has 3 N–H and O–H groups in total. The molecule has 96 valence electrons. The maximum atomic E-state index is 12.0. The standard InChI is InChI=1S/C11H18N2O4/c12-7-3-5-13(6-4-7)10(14)8-1-2-9(17-8)11(15)16/h7-9H,1-6,12H2,(H,15,16). The molecule has 6 nitrogen and oxygen atoms in total. The first-order valence-electron chi connectivity index (χ1n) is 6.00. The molecular formula is C11H18N2O4. The van der Waals surface area contributed by atoms with Gasteiger partial charge in [-0.05, 0) is 25.7 Å². The Morgan fingerprint density at radius 1 is 1.12 bits per heavy atom. The highest BCUT2D eigenvalue weighted by Gasteiger charge is 2.37. The smallest absolute Gasteiger partial charge is 0.332 e. The zero-order valence-electron chi connectivity index (χ0n) is 9.67. The molecular weight excluding hydrogens is 224 g/mol. The number of aliphatic carboxylic acids is 1. The van der Waals surface area contributed by atoms with Crippen LogP contribution in [0.2, 0.25) is 0 Å². The van der Waals surface area contributed by atoms with Crippen molar-refractivity contribution in [2.45, 2.75) is 43.9 Å². The SMILES string of the molecule is NC1CCN(C(=O)C2CCC(C(=O)O)O2)CC1. The van der Waals surface area contributed by atoms with Crippen LogP contribution in [0.15, 0.2) is 0 Å². The maximum absolute atomic E-state index is 12.0. The van der Waals surface area contributed by atoms with E-state index in [9.17, 15) is 9.59 Å². The number of carboxylic acids is 1. The summed E-state index contributed by atoms with van der Waals surface area (Å²) in [6.07, 6.45) is 1.13. The average molecular weight is 242 g/mol. The van der Waals surface area contributed by atoms with Crippen molar-refractivity contribution in [1.82, 2.24) is 4.90 Å². The first-order chi connectivity index (χ1) is 8.08. The van der Waals surface area contributed by atoms with E-state index < -0.39 is 18.2 Å². The average Bonchev–Trinajstić information content (AvgIpc) is 2.78. The van der Waals surface area contributed by atoms with E-state index in [1.54, 1.807) is 4.90 Å². The van der Waals surface area contributed by atoms with E-state index >= 15 is 0 Å². The molecule has 0 aromatic rings. The molecule has 0 radical (unpaired) electrons. The third-order valence-corrected chi connectivity index (χ3v) is 3.42. The molecule has 0 aromatic carbocycles. The van der Waals surface area contributed by atoms with Crippen LogP contribution in [0.5, 0.6) is 0 Å². The molecule has 0 spiro atoms. The number of amides is 1. The molecule has 2 saturated heterocycles. The fraction of sp³-hybridized carbons (Fsp3) is 0.818. The van der Waals surface area contributed by atoms with Crippen LogP contribution in [-0.4, -0.2) is 53.2 Å². The normalized spacial score (nSPS) is 30.5. The minimum Gasteiger partial charge on any atom is -0.479 e. The molecule has 0 bridgehead atoms. The van der Waals surface area contributed by atoms with Crippen LogP contribution in [0.1, 0.15) is 25.7 Å². The molecule has 2 fully saturated rings. The highest BCUT2D eigenvalue weighted by Crippen LogP contribution is 2.22. The van der Waals surface area contributed by atoms with Crippen molar-refractivity contribution in [3.05, 3.63) is 0 Å². The molecule has 2 rings (SSSR count). The highest BCUT2D eigenvalue weighted by atomic mass is 16.5. The van der Waals surface area contributed by atoms with Gasteiger partial charge < -0.3 is 20.5 Å². The second-order valence-corrected chi connectivity index (χ2v) is 4.69. The van der Waals surface area contributed by atoms with E-state index in [-0.39, 0.29) is 11.9 Å². The fourth-order valence-electron chi connectivity index (χ4n) is 2.32. The number of hydrogen-bond acceptors (Lipinski definition) is 4. The van der Waals surface area contributed by atoms with Gasteiger partial charge in [0.2, 0.25) is 0 Å². The van der Waals surface area contributed by atoms with Crippen molar-refractivity contribution in [1.29, 1.82) is 0 Å². The molecule has 2 atom stereocenters. The number of rotatable bonds is 2. The van der Waals surface area contributed by atoms with Crippen LogP contribution < -0.4 is 5.73 Å². The lowest BCUT2D eigenvalue weighted by atomic mass is 10.1. The van der Waals surface area contributed by atoms with Gasteiger partial charge in [0.05, 0.1) is 0 Å². The lowest BCUT2D eigenvalue weighted by molar-refractivity contribution is -0.155. The number of carboxylic acid groups (broad SMARTS) is 1. The summed E-state index contributed by atoms with van der Waals surface area (Å²) in [6, 6.07) is 0.176. The molecule has 2 aliphatic heterocycles. The summed E-state index contributed by atoms with van der Waals surface area (Å²) in [5, 5.41) is 8.79. The second-order valence-electron chi connectivity index (χ2n) is 4.69. The van der Waals surface area contributed by atoms with Crippen molar-refractivity contribution >= 4 is 11.9 Å². The summed E-state index contributed by atoms with van der Waals surface area (Å²) in [5.41, 5.74) is 5.77. The molecule has 0 saturated carbocycles. The Balaban J connectivity index is 1.86. The summed E-state index contributed by atoms with van der Waals surface area (Å²) in [4.78, 5) is 24.5. The lowest BCUT2D eigenvalue weighted by Gasteiger charge is -2.31. The van der Waals surface area contributed by atoms with E-state index in [4.69, 9.17) is 15.6 Å². The number of piperidine rings is 1. The van der Waals surface area contributed by atoms with Gasteiger partial charge in [-0.2, -0.15) is 0 Å². The number of nitrogens with two attached hydrogens (primary N) is 1. The van der Waals surface area contributed by atoms with Gasteiger partial charge in [0, 0.05) is 19.1 Å². The molecule has 2 unspecified atom stereocenters. The number of hydrogen-bond donors (Lipinski definition) is 2. The first-order valence-corrected chi connectivity index (χ1v) is 6.00. The molecule has 6 heteroatoms. The number of carbonyl (C=O) groups is 2. The summed E-state index contributed by atoms with van der Waals surface area (Å²) >= 11 is 0. The predicted octanol–water partition coefficient (Wildman–Crippen LogP) is -0.432. The minimum atomic E-state index is -0.985. The Labute approximate surface area is 99.7 Å². The molecule has 2 aliphatic rings. The van der Waals surface area contributed by atoms with Crippen LogP contribution in [0.25, 0.3) is 0 Å². The number of likely N-dealkylation sites (tertiary alicyclic amines) is 1. The highest BCUT2D eigenvalue weighted by molar-refractivity contribution is 5.82. The zero-order valence-corrected chi connectivity index (χ0v) is 9.67. The lowest BCUT2D eigenvalue weighted by Crippen LogP contribution is -2.46. The number of nitrogens with zero attached hydrogens (tertiary/aromatic N) is 1. The van der Waals surface area contributed by atoms with Gasteiger partial charge in [-0.25, -0.2) is 4.79 Å². The Morgan fingerprint density at radius 2 is 1.71 bits per heavy atom. The zero-order chi connectivity index (χ0) is 12.4. The van der Waals surface area contributed by atoms with Crippen molar-refractivity contribution in [3.8, 4) is 0 Å². The predicted molar refractivity (Wildman–Crippen MR) is 59.3 cm³/mol. The Morgan fingerprint density at radius 3 is 2.24 bits per heavy atom. The minimum absolute atomic E-state index is 0.0827. The third kappa shape index (κ3) is 2.76. The van der Waals surface area contributed by atoms with E-state index in [2.05, 4.69) is 0 Å². The molecule has 2 heterocycles. The van der Waals surface area contributed by atoms with Crippen LogP contribution in [0, 0.1) is 0 Å². The fourth-order valence-corrected chi connectivity index (χ4v) is 2.32. The topological polar surface area (TPSA) is 92.9 Å². The Kier molecular flexibility index (Phi) is 3.63. The largest absolute Gasteiger partial charge is 0.479 e. The van der Waals surface area contributed by atoms with Crippen LogP contribution >= 0.6 is 0 Å². The van der Waals surface area contributed by atoms with Gasteiger partial charge in [0.15, 0.2) is 6.10 Å². The van der Waals surface area contributed by atoms with Crippen molar-refractivity contribution < 1.29 is 19.4 Å². The van der Waals surface area contributed by atoms with Gasteiger partial charge in [-0.15, -0.1) is 0 Å². The molecule has 0 aromatic heterocycles. The second kappa shape index (κ2) is 5.01. The van der Waals surface area contributed by atoms with Crippen LogP contribution in [0.4, 0.5) is 0 Å². The summed E-state index contributed by atoms with van der Waals surface area (Å²) in [5.74, 6) is -1.07. The summed E-state index contributed by atoms with van der Waals surface area (Å²) in [6.45, 7) is 1.30. The Hall–Kier alpha value is -1.14. The maximum Gasteiger partial charge on any atom is 0.332 e. The van der Waals surface area contributed by atoms with Crippen molar-refractivity contribution in [3.63, 3.8) is 0 Å². The first kappa shape index (κ1) is 12.3. The molecule has 17 heavy (non-hydrogen) atoms. The summed E-state index contributed by atoms with van der Waals surface area (Å²) in [7, 11) is 0. The van der Waals surface area contributed by atoms with Crippen molar-refractivity contribution in [2.75, 3.05) is 13.1 Å². The third-order valence-electron chi connectivity index (χ3n) is 3.42.